The van der Waals surface area contributed by atoms with E-state index in [-0.39, 0.29) is 5.91 Å². The van der Waals surface area contributed by atoms with Crippen LogP contribution in [-0.2, 0) is 11.3 Å². The zero-order valence-electron chi connectivity index (χ0n) is 10.9. The molecule has 100 valence electrons. The highest BCUT2D eigenvalue weighted by atomic mass is 79.9. The highest BCUT2D eigenvalue weighted by Crippen LogP contribution is 2.24. The highest BCUT2D eigenvalue weighted by molar-refractivity contribution is 9.10. The number of hydrogen-bond acceptors (Lipinski definition) is 3. The number of carbonyl (C=O) groups excluding carboxylic acids is 1. The minimum atomic E-state index is 0.0550. The number of amides is 1. The van der Waals surface area contributed by atoms with Gasteiger partial charge in [-0.05, 0) is 41.0 Å². The first-order valence-electron chi connectivity index (χ1n) is 6.10. The summed E-state index contributed by atoms with van der Waals surface area (Å²) in [6.07, 6.45) is 0. The highest BCUT2D eigenvalue weighted by Gasteiger charge is 2.11. The number of halogens is 1. The maximum atomic E-state index is 11.6. The van der Waals surface area contributed by atoms with Crippen LogP contribution in [-0.4, -0.2) is 30.4 Å². The van der Waals surface area contributed by atoms with E-state index in [0.717, 1.165) is 22.3 Å². The van der Waals surface area contributed by atoms with Gasteiger partial charge in [-0.25, -0.2) is 0 Å². The summed E-state index contributed by atoms with van der Waals surface area (Å²) in [5.74, 6) is 0.0550. The molecule has 0 fully saturated rings. The maximum Gasteiger partial charge on any atom is 0.234 e. The van der Waals surface area contributed by atoms with Crippen molar-refractivity contribution in [3.05, 3.63) is 28.2 Å². The number of nitrogen functional groups attached to an aromatic ring is 1. The fraction of sp³-hybridized carbons (Fsp3) is 0.462. The number of rotatable bonds is 6. The molecule has 0 aliphatic rings. The van der Waals surface area contributed by atoms with E-state index < -0.39 is 0 Å². The van der Waals surface area contributed by atoms with E-state index in [1.54, 1.807) is 0 Å². The number of nitrogens with two attached hydrogens (primary N) is 1. The van der Waals surface area contributed by atoms with Gasteiger partial charge >= 0.3 is 0 Å². The largest absolute Gasteiger partial charge is 0.398 e. The summed E-state index contributed by atoms with van der Waals surface area (Å²) in [7, 11) is 0. The first kappa shape index (κ1) is 15.0. The van der Waals surface area contributed by atoms with Crippen LogP contribution in [0.2, 0.25) is 0 Å². The van der Waals surface area contributed by atoms with Crippen molar-refractivity contribution in [3.63, 3.8) is 0 Å². The number of nitrogens with zero attached hydrogens (tertiary/aromatic N) is 1. The summed E-state index contributed by atoms with van der Waals surface area (Å²) >= 11 is 3.48. The molecule has 1 aromatic rings. The fourth-order valence-electron chi connectivity index (χ4n) is 1.70. The monoisotopic (exact) mass is 313 g/mol. The van der Waals surface area contributed by atoms with E-state index in [9.17, 15) is 4.79 Å². The summed E-state index contributed by atoms with van der Waals surface area (Å²) in [6.45, 7) is 6.56. The summed E-state index contributed by atoms with van der Waals surface area (Å²) in [5, 5.41) is 2.81. The van der Waals surface area contributed by atoms with Crippen molar-refractivity contribution in [2.24, 2.45) is 0 Å². The maximum absolute atomic E-state index is 11.6. The summed E-state index contributed by atoms with van der Waals surface area (Å²) in [4.78, 5) is 13.6. The van der Waals surface area contributed by atoms with Crippen LogP contribution in [0.4, 0.5) is 5.69 Å². The molecule has 0 aliphatic heterocycles. The second-order valence-corrected chi connectivity index (χ2v) is 4.87. The van der Waals surface area contributed by atoms with E-state index in [1.165, 1.54) is 0 Å². The Bertz CT molecular complexity index is 409. The Morgan fingerprint density at radius 1 is 1.44 bits per heavy atom. The molecule has 0 spiro atoms. The third-order valence-electron chi connectivity index (χ3n) is 2.69. The second kappa shape index (κ2) is 7.38. The number of carbonyl (C=O) groups is 1. The molecular weight excluding hydrogens is 294 g/mol. The van der Waals surface area contributed by atoms with Gasteiger partial charge in [-0.15, -0.1) is 0 Å². The van der Waals surface area contributed by atoms with Crippen molar-refractivity contribution < 1.29 is 4.79 Å². The molecule has 0 saturated carbocycles. The van der Waals surface area contributed by atoms with Crippen molar-refractivity contribution in [1.82, 2.24) is 10.2 Å². The Hall–Kier alpha value is -1.07. The summed E-state index contributed by atoms with van der Waals surface area (Å²) < 4.78 is 0.916. The molecule has 4 nitrogen and oxygen atoms in total. The van der Waals surface area contributed by atoms with E-state index in [1.807, 2.05) is 32.0 Å². The van der Waals surface area contributed by atoms with Gasteiger partial charge in [0.05, 0.1) is 6.54 Å². The Kier molecular flexibility index (Phi) is 6.15. The number of benzene rings is 1. The van der Waals surface area contributed by atoms with E-state index >= 15 is 0 Å². The molecule has 0 atom stereocenters. The van der Waals surface area contributed by atoms with Gasteiger partial charge in [-0.3, -0.25) is 9.69 Å². The zero-order chi connectivity index (χ0) is 13.5. The topological polar surface area (TPSA) is 58.4 Å². The van der Waals surface area contributed by atoms with Crippen LogP contribution in [0.5, 0.6) is 0 Å². The normalized spacial score (nSPS) is 10.7. The van der Waals surface area contributed by atoms with Crippen molar-refractivity contribution >= 4 is 27.5 Å². The van der Waals surface area contributed by atoms with Crippen LogP contribution >= 0.6 is 15.9 Å². The van der Waals surface area contributed by atoms with Gasteiger partial charge in [-0.1, -0.05) is 19.1 Å². The van der Waals surface area contributed by atoms with Gasteiger partial charge < -0.3 is 11.1 Å². The molecule has 5 heteroatoms. The third-order valence-corrected chi connectivity index (χ3v) is 3.66. The lowest BCUT2D eigenvalue weighted by Gasteiger charge is -2.20. The number of nitrogens with one attached hydrogen (secondary N) is 1. The Morgan fingerprint density at radius 2 is 2.17 bits per heavy atom. The quantitative estimate of drug-likeness (QED) is 0.790. The Balaban J connectivity index is 2.68. The van der Waals surface area contributed by atoms with Crippen molar-refractivity contribution in [3.8, 4) is 0 Å². The third kappa shape index (κ3) is 4.31. The average Bonchev–Trinajstić information content (AvgIpc) is 2.34. The molecule has 0 radical (unpaired) electrons. The standard InChI is InChI=1S/C13H20BrN3O/c1-3-16-12(18)9-17(4-2)8-10-6-5-7-11(15)13(10)14/h5-7H,3-4,8-9,15H2,1-2H3,(H,16,18). The molecule has 0 aromatic heterocycles. The van der Waals surface area contributed by atoms with Gasteiger partial charge in [0.2, 0.25) is 5.91 Å². The molecular formula is C13H20BrN3O. The molecule has 0 aliphatic carbocycles. The smallest absolute Gasteiger partial charge is 0.234 e. The van der Waals surface area contributed by atoms with Crippen LogP contribution in [0.1, 0.15) is 19.4 Å². The molecule has 1 amide bonds. The lowest BCUT2D eigenvalue weighted by atomic mass is 10.2. The number of hydrogen-bond donors (Lipinski definition) is 2. The fourth-order valence-corrected chi connectivity index (χ4v) is 2.09. The van der Waals surface area contributed by atoms with Crippen molar-refractivity contribution in [2.75, 3.05) is 25.4 Å². The summed E-state index contributed by atoms with van der Waals surface area (Å²) in [6, 6.07) is 5.80. The Morgan fingerprint density at radius 3 is 2.78 bits per heavy atom. The molecule has 0 bridgehead atoms. The van der Waals surface area contributed by atoms with Gasteiger partial charge in [0.1, 0.15) is 0 Å². The average molecular weight is 314 g/mol. The molecule has 0 unspecified atom stereocenters. The zero-order valence-corrected chi connectivity index (χ0v) is 12.5. The minimum Gasteiger partial charge on any atom is -0.398 e. The molecule has 18 heavy (non-hydrogen) atoms. The molecule has 1 aromatic carbocycles. The van der Waals surface area contributed by atoms with E-state index in [2.05, 4.69) is 26.1 Å². The minimum absolute atomic E-state index is 0.0550. The van der Waals surface area contributed by atoms with E-state index in [0.29, 0.717) is 19.6 Å². The van der Waals surface area contributed by atoms with Crippen LogP contribution in [0.15, 0.2) is 22.7 Å². The summed E-state index contributed by atoms with van der Waals surface area (Å²) in [5.41, 5.74) is 7.66. The van der Waals surface area contributed by atoms with Crippen molar-refractivity contribution in [1.29, 1.82) is 0 Å². The Labute approximate surface area is 117 Å². The first-order chi connectivity index (χ1) is 8.58. The molecule has 0 heterocycles. The molecule has 3 N–H and O–H groups in total. The predicted octanol–water partition coefficient (Wildman–Crippen LogP) is 1.99. The van der Waals surface area contributed by atoms with Gasteiger partial charge in [0.25, 0.3) is 0 Å². The first-order valence-corrected chi connectivity index (χ1v) is 6.89. The van der Waals surface area contributed by atoms with Crippen LogP contribution in [0.25, 0.3) is 0 Å². The predicted molar refractivity (Wildman–Crippen MR) is 78.2 cm³/mol. The van der Waals surface area contributed by atoms with Crippen LogP contribution in [0.3, 0.4) is 0 Å². The second-order valence-electron chi connectivity index (χ2n) is 4.08. The lowest BCUT2D eigenvalue weighted by molar-refractivity contribution is -0.122. The van der Waals surface area contributed by atoms with Gasteiger partial charge in [0, 0.05) is 23.2 Å². The molecule has 0 saturated heterocycles. The molecule has 1 rings (SSSR count). The van der Waals surface area contributed by atoms with Crippen LogP contribution in [0, 0.1) is 0 Å². The van der Waals surface area contributed by atoms with Crippen molar-refractivity contribution in [2.45, 2.75) is 20.4 Å². The number of likely N-dealkylation sites (N-methyl/N-ethyl adjacent to an activating group) is 2. The SMILES string of the molecule is CCNC(=O)CN(CC)Cc1cccc(N)c1Br. The number of anilines is 1. The van der Waals surface area contributed by atoms with Gasteiger partial charge in [0.15, 0.2) is 0 Å². The van der Waals surface area contributed by atoms with E-state index in [4.69, 9.17) is 5.73 Å². The lowest BCUT2D eigenvalue weighted by Crippen LogP contribution is -2.36. The van der Waals surface area contributed by atoms with Gasteiger partial charge in [-0.2, -0.15) is 0 Å². The van der Waals surface area contributed by atoms with Crippen LogP contribution < -0.4 is 11.1 Å².